The molecule has 1 atom stereocenters. The molecule has 3 rings (SSSR count). The van der Waals surface area contributed by atoms with Crippen LogP contribution in [0.5, 0.6) is 0 Å². The van der Waals surface area contributed by atoms with E-state index in [1.54, 1.807) is 18.2 Å². The Balaban J connectivity index is 1.53. The maximum atomic E-state index is 13.5. The number of carbonyl (C=O) groups is 2. The Bertz CT molecular complexity index is 1080. The number of nitrogens with one attached hydrogen (secondary N) is 4. The quantitative estimate of drug-likeness (QED) is 0.448. The third-order valence-corrected chi connectivity index (χ3v) is 4.76. The number of hydrogen-bond donors (Lipinski definition) is 4. The Labute approximate surface area is 180 Å². The van der Waals surface area contributed by atoms with Gasteiger partial charge in [0.2, 0.25) is 0 Å². The molecule has 1 aromatic heterocycles. The standard InChI is InChI=1S/C23H27FN4O3/c1-13(2)26-23(30)28-18-8-5-16(6-9-18)12-25-22(29)27-15(4)21-14(3)19-11-17(24)7-10-20(19)31-21/h5-11,13,15H,12H2,1-4H3,(H2,25,27,29)(H2,26,28,30). The van der Waals surface area contributed by atoms with Crippen LogP contribution in [0.2, 0.25) is 0 Å². The van der Waals surface area contributed by atoms with E-state index in [9.17, 15) is 14.0 Å². The topological polar surface area (TPSA) is 95.4 Å². The molecule has 2 aromatic carbocycles. The fourth-order valence-electron chi connectivity index (χ4n) is 3.26. The van der Waals surface area contributed by atoms with E-state index in [-0.39, 0.29) is 30.0 Å². The average molecular weight is 426 g/mol. The largest absolute Gasteiger partial charge is 0.459 e. The molecule has 1 unspecified atom stereocenters. The molecular formula is C23H27FN4O3. The summed E-state index contributed by atoms with van der Waals surface area (Å²) in [6.45, 7) is 7.74. The number of furan rings is 1. The van der Waals surface area contributed by atoms with Crippen molar-refractivity contribution in [3.8, 4) is 0 Å². The summed E-state index contributed by atoms with van der Waals surface area (Å²) in [6.07, 6.45) is 0. The van der Waals surface area contributed by atoms with Crippen LogP contribution in [0.3, 0.4) is 0 Å². The van der Waals surface area contributed by atoms with Crippen molar-refractivity contribution in [2.45, 2.75) is 46.3 Å². The molecule has 0 fully saturated rings. The molecule has 0 aliphatic rings. The first-order chi connectivity index (χ1) is 14.7. The van der Waals surface area contributed by atoms with Gasteiger partial charge in [-0.3, -0.25) is 0 Å². The van der Waals surface area contributed by atoms with Gasteiger partial charge in [-0.15, -0.1) is 0 Å². The number of halogens is 1. The van der Waals surface area contributed by atoms with E-state index in [1.807, 2.05) is 39.8 Å². The molecule has 1 heterocycles. The maximum absolute atomic E-state index is 13.5. The normalized spacial score (nSPS) is 11.9. The minimum absolute atomic E-state index is 0.0499. The molecule has 0 radical (unpaired) electrons. The summed E-state index contributed by atoms with van der Waals surface area (Å²) in [5, 5.41) is 11.8. The Morgan fingerprint density at radius 1 is 1.00 bits per heavy atom. The third-order valence-electron chi connectivity index (χ3n) is 4.76. The Hall–Kier alpha value is -3.55. The number of anilines is 1. The van der Waals surface area contributed by atoms with E-state index in [0.29, 0.717) is 29.0 Å². The lowest BCUT2D eigenvalue weighted by molar-refractivity contribution is 0.236. The molecule has 8 heteroatoms. The highest BCUT2D eigenvalue weighted by molar-refractivity contribution is 5.89. The first-order valence-electron chi connectivity index (χ1n) is 10.1. The van der Waals surface area contributed by atoms with Crippen molar-refractivity contribution in [2.24, 2.45) is 0 Å². The van der Waals surface area contributed by atoms with Gasteiger partial charge in [0.1, 0.15) is 17.2 Å². The minimum Gasteiger partial charge on any atom is -0.459 e. The van der Waals surface area contributed by atoms with Gasteiger partial charge in [-0.25, -0.2) is 14.0 Å². The van der Waals surface area contributed by atoms with E-state index in [4.69, 9.17) is 4.42 Å². The first-order valence-corrected chi connectivity index (χ1v) is 10.1. The first kappa shape index (κ1) is 22.1. The van der Waals surface area contributed by atoms with Gasteiger partial charge in [-0.05, 0) is 63.6 Å². The monoisotopic (exact) mass is 426 g/mol. The van der Waals surface area contributed by atoms with Crippen LogP contribution in [-0.4, -0.2) is 18.1 Å². The summed E-state index contributed by atoms with van der Waals surface area (Å²) in [6, 6.07) is 10.6. The summed E-state index contributed by atoms with van der Waals surface area (Å²) in [4.78, 5) is 24.0. The number of hydrogen-bond acceptors (Lipinski definition) is 3. The van der Waals surface area contributed by atoms with Crippen LogP contribution >= 0.6 is 0 Å². The van der Waals surface area contributed by atoms with Crippen LogP contribution in [0.25, 0.3) is 11.0 Å². The summed E-state index contributed by atoms with van der Waals surface area (Å²) >= 11 is 0. The van der Waals surface area contributed by atoms with Gasteiger partial charge in [0.15, 0.2) is 0 Å². The summed E-state index contributed by atoms with van der Waals surface area (Å²) in [7, 11) is 0. The smallest absolute Gasteiger partial charge is 0.319 e. The fraction of sp³-hybridized carbons (Fsp3) is 0.304. The van der Waals surface area contributed by atoms with E-state index in [2.05, 4.69) is 21.3 Å². The number of amides is 4. The second kappa shape index (κ2) is 9.51. The van der Waals surface area contributed by atoms with Gasteiger partial charge in [0.25, 0.3) is 0 Å². The molecule has 7 nitrogen and oxygen atoms in total. The van der Waals surface area contributed by atoms with Gasteiger partial charge in [-0.1, -0.05) is 12.1 Å². The van der Waals surface area contributed by atoms with E-state index in [0.717, 1.165) is 11.1 Å². The third kappa shape index (κ3) is 5.75. The lowest BCUT2D eigenvalue weighted by atomic mass is 10.1. The molecule has 0 saturated heterocycles. The Morgan fingerprint density at radius 3 is 2.39 bits per heavy atom. The molecule has 31 heavy (non-hydrogen) atoms. The molecular weight excluding hydrogens is 399 g/mol. The number of aryl methyl sites for hydroxylation is 1. The van der Waals surface area contributed by atoms with Gasteiger partial charge >= 0.3 is 12.1 Å². The molecule has 0 aliphatic heterocycles. The van der Waals surface area contributed by atoms with Gasteiger partial charge in [0, 0.05) is 29.2 Å². The number of fused-ring (bicyclic) bond motifs is 1. The highest BCUT2D eigenvalue weighted by Crippen LogP contribution is 2.29. The Morgan fingerprint density at radius 2 is 1.71 bits per heavy atom. The van der Waals surface area contributed by atoms with Crippen LogP contribution in [-0.2, 0) is 6.54 Å². The van der Waals surface area contributed by atoms with Crippen LogP contribution in [0.4, 0.5) is 19.7 Å². The predicted octanol–water partition coefficient (Wildman–Crippen LogP) is 4.97. The number of urea groups is 2. The second-order valence-electron chi connectivity index (χ2n) is 7.73. The zero-order valence-electron chi connectivity index (χ0n) is 18.0. The van der Waals surface area contributed by atoms with Crippen molar-refractivity contribution in [2.75, 3.05) is 5.32 Å². The molecule has 0 spiro atoms. The second-order valence-corrected chi connectivity index (χ2v) is 7.73. The highest BCUT2D eigenvalue weighted by atomic mass is 19.1. The van der Waals surface area contributed by atoms with Crippen molar-refractivity contribution in [3.63, 3.8) is 0 Å². The number of benzene rings is 2. The van der Waals surface area contributed by atoms with Crippen molar-refractivity contribution in [1.29, 1.82) is 0 Å². The molecule has 0 saturated carbocycles. The van der Waals surface area contributed by atoms with Gasteiger partial charge < -0.3 is 25.7 Å². The lowest BCUT2D eigenvalue weighted by Crippen LogP contribution is -2.36. The molecule has 0 bridgehead atoms. The fourth-order valence-corrected chi connectivity index (χ4v) is 3.26. The zero-order chi connectivity index (χ0) is 22.5. The van der Waals surface area contributed by atoms with Crippen molar-refractivity contribution < 1.29 is 18.4 Å². The van der Waals surface area contributed by atoms with Crippen molar-refractivity contribution in [1.82, 2.24) is 16.0 Å². The van der Waals surface area contributed by atoms with E-state index in [1.165, 1.54) is 12.1 Å². The van der Waals surface area contributed by atoms with Gasteiger partial charge in [-0.2, -0.15) is 0 Å². The van der Waals surface area contributed by atoms with Gasteiger partial charge in [0.05, 0.1) is 6.04 Å². The van der Waals surface area contributed by atoms with E-state index < -0.39 is 0 Å². The summed E-state index contributed by atoms with van der Waals surface area (Å²) < 4.78 is 19.3. The van der Waals surface area contributed by atoms with Crippen molar-refractivity contribution in [3.05, 3.63) is 65.2 Å². The lowest BCUT2D eigenvalue weighted by Gasteiger charge is -2.14. The molecule has 0 aliphatic carbocycles. The van der Waals surface area contributed by atoms with Crippen LogP contribution < -0.4 is 21.3 Å². The summed E-state index contributed by atoms with van der Waals surface area (Å²) in [5.41, 5.74) is 2.93. The predicted molar refractivity (Wildman–Crippen MR) is 118 cm³/mol. The van der Waals surface area contributed by atoms with Crippen LogP contribution in [0.15, 0.2) is 46.9 Å². The van der Waals surface area contributed by atoms with Crippen molar-refractivity contribution >= 4 is 28.7 Å². The SMILES string of the molecule is Cc1c(C(C)NC(=O)NCc2ccc(NC(=O)NC(C)C)cc2)oc2ccc(F)cc12. The van der Waals surface area contributed by atoms with E-state index >= 15 is 0 Å². The molecule has 164 valence electrons. The molecule has 3 aromatic rings. The average Bonchev–Trinajstić information content (AvgIpc) is 3.03. The van der Waals surface area contributed by atoms with Crippen LogP contribution in [0.1, 0.15) is 43.7 Å². The number of rotatable bonds is 6. The number of carbonyl (C=O) groups excluding carboxylic acids is 2. The maximum Gasteiger partial charge on any atom is 0.319 e. The molecule has 4 amide bonds. The summed E-state index contributed by atoms with van der Waals surface area (Å²) in [5.74, 6) is 0.258. The zero-order valence-corrected chi connectivity index (χ0v) is 18.0. The molecule has 4 N–H and O–H groups in total. The Kier molecular flexibility index (Phi) is 6.79. The minimum atomic E-state index is -0.387. The van der Waals surface area contributed by atoms with Crippen LogP contribution in [0, 0.1) is 12.7 Å². The highest BCUT2D eigenvalue weighted by Gasteiger charge is 2.18.